The van der Waals surface area contributed by atoms with Gasteiger partial charge in [0.05, 0.1) is 23.8 Å². The first-order chi connectivity index (χ1) is 17.1. The van der Waals surface area contributed by atoms with Gasteiger partial charge in [-0.15, -0.1) is 0 Å². The van der Waals surface area contributed by atoms with Crippen LogP contribution in [0.4, 0.5) is 26.3 Å². The zero-order valence-corrected chi connectivity index (χ0v) is 20.2. The van der Waals surface area contributed by atoms with Crippen LogP contribution in [0.25, 0.3) is 0 Å². The van der Waals surface area contributed by atoms with E-state index < -0.39 is 46.8 Å². The van der Waals surface area contributed by atoms with E-state index in [4.69, 9.17) is 9.47 Å². The molecule has 3 rings (SSSR count). The molecule has 2 aromatic rings. The molecule has 1 aliphatic rings. The fraction of sp³-hybridized carbons (Fsp3) is 0.481. The molecule has 2 aromatic carbocycles. The fourth-order valence-corrected chi connectivity index (χ4v) is 4.16. The third-order valence-corrected chi connectivity index (χ3v) is 6.08. The summed E-state index contributed by atoms with van der Waals surface area (Å²) in [7, 11) is 0. The number of ether oxygens (including phenoxy) is 3. The highest BCUT2D eigenvalue weighted by Gasteiger charge is 2.42. The predicted molar refractivity (Wildman–Crippen MR) is 123 cm³/mol. The topological polar surface area (TPSA) is 27.7 Å². The van der Waals surface area contributed by atoms with Crippen LogP contribution < -0.4 is 9.47 Å². The lowest BCUT2D eigenvalue weighted by Crippen LogP contribution is -2.30. The number of hydrogen-bond donors (Lipinski definition) is 0. The van der Waals surface area contributed by atoms with Crippen LogP contribution in [-0.4, -0.2) is 12.7 Å². The van der Waals surface area contributed by atoms with E-state index in [2.05, 4.69) is 16.9 Å². The number of alkyl halides is 4. The normalized spacial score (nSPS) is 19.0. The minimum atomic E-state index is -4.14. The summed E-state index contributed by atoms with van der Waals surface area (Å²) in [6.07, 6.45) is -1.03. The van der Waals surface area contributed by atoms with E-state index >= 15 is 0 Å². The maximum atomic E-state index is 14.7. The minimum absolute atomic E-state index is 0.329. The number of hydrogen-bond acceptors (Lipinski definition) is 3. The largest absolute Gasteiger partial charge is 0.494 e. The zero-order valence-electron chi connectivity index (χ0n) is 20.2. The van der Waals surface area contributed by atoms with Crippen LogP contribution in [0.2, 0.25) is 0 Å². The first kappa shape index (κ1) is 27.9. The van der Waals surface area contributed by atoms with Gasteiger partial charge in [0.1, 0.15) is 5.75 Å². The molecule has 3 nitrogen and oxygen atoms in total. The molecule has 0 saturated heterocycles. The second-order valence-corrected chi connectivity index (χ2v) is 8.71. The Hall–Kier alpha value is -2.68. The molecule has 0 spiro atoms. The molecule has 0 amide bonds. The Morgan fingerprint density at radius 2 is 1.50 bits per heavy atom. The Labute approximate surface area is 207 Å². The lowest BCUT2D eigenvalue weighted by atomic mass is 9.85. The molecule has 0 aromatic heterocycles. The van der Waals surface area contributed by atoms with E-state index in [9.17, 15) is 26.3 Å². The average molecular weight is 517 g/mol. The summed E-state index contributed by atoms with van der Waals surface area (Å²) in [6.45, 7) is 4.08. The molecule has 1 aliphatic carbocycles. The van der Waals surface area contributed by atoms with E-state index in [0.717, 1.165) is 25.0 Å². The Balaban J connectivity index is 1.68. The Kier molecular flexibility index (Phi) is 9.33. The summed E-state index contributed by atoms with van der Waals surface area (Å²) >= 11 is 0. The highest BCUT2D eigenvalue weighted by Crippen LogP contribution is 2.41. The first-order valence-corrected chi connectivity index (χ1v) is 12.1. The number of halogens is 6. The Morgan fingerprint density at radius 1 is 0.833 bits per heavy atom. The summed E-state index contributed by atoms with van der Waals surface area (Å²) in [4.78, 5) is 0. The highest BCUT2D eigenvalue weighted by atomic mass is 19.3. The van der Waals surface area contributed by atoms with Crippen LogP contribution in [0.1, 0.15) is 63.5 Å². The van der Waals surface area contributed by atoms with Crippen molar-refractivity contribution in [1.82, 2.24) is 0 Å². The van der Waals surface area contributed by atoms with E-state index in [1.54, 1.807) is 6.92 Å². The molecule has 0 radical (unpaired) electrons. The van der Waals surface area contributed by atoms with Gasteiger partial charge in [0.15, 0.2) is 11.6 Å². The Bertz CT molecular complexity index is 1010. The van der Waals surface area contributed by atoms with Crippen molar-refractivity contribution < 1.29 is 40.6 Å². The molecule has 0 heterocycles. The van der Waals surface area contributed by atoms with Crippen LogP contribution in [0, 0.1) is 17.6 Å². The number of allylic oxidation sites excluding steroid dienone is 2. The number of benzene rings is 2. The molecule has 0 N–H and O–H groups in total. The van der Waals surface area contributed by atoms with Crippen molar-refractivity contribution in [2.75, 3.05) is 6.61 Å². The van der Waals surface area contributed by atoms with Crippen LogP contribution in [0.5, 0.6) is 11.5 Å². The van der Waals surface area contributed by atoms with E-state index in [-0.39, 0.29) is 0 Å². The molecule has 1 fully saturated rings. The maximum Gasteiger partial charge on any atom is 0.426 e. The van der Waals surface area contributed by atoms with Crippen molar-refractivity contribution >= 4 is 0 Å². The molecule has 1 saturated carbocycles. The minimum Gasteiger partial charge on any atom is -0.494 e. The van der Waals surface area contributed by atoms with Gasteiger partial charge in [-0.3, -0.25) is 0 Å². The van der Waals surface area contributed by atoms with Gasteiger partial charge < -0.3 is 14.2 Å². The molecular weight excluding hydrogens is 486 g/mol. The average Bonchev–Trinajstić information content (AvgIpc) is 2.83. The molecule has 0 unspecified atom stereocenters. The van der Waals surface area contributed by atoms with Gasteiger partial charge in [-0.25, -0.2) is 4.39 Å². The van der Waals surface area contributed by atoms with E-state index in [1.807, 2.05) is 6.92 Å². The van der Waals surface area contributed by atoms with Gasteiger partial charge in [-0.2, -0.15) is 22.0 Å². The maximum absolute atomic E-state index is 14.7. The van der Waals surface area contributed by atoms with Crippen molar-refractivity contribution in [3.63, 3.8) is 0 Å². The smallest absolute Gasteiger partial charge is 0.426 e. The van der Waals surface area contributed by atoms with Gasteiger partial charge in [0.2, 0.25) is 5.82 Å². The van der Waals surface area contributed by atoms with Gasteiger partial charge in [-0.1, -0.05) is 19.1 Å². The monoisotopic (exact) mass is 516 g/mol. The Morgan fingerprint density at radius 3 is 2.11 bits per heavy atom. The third kappa shape index (κ3) is 6.96. The van der Waals surface area contributed by atoms with Crippen molar-refractivity contribution in [1.29, 1.82) is 0 Å². The van der Waals surface area contributed by atoms with Crippen LogP contribution in [0.15, 0.2) is 48.6 Å². The summed E-state index contributed by atoms with van der Waals surface area (Å²) in [5.74, 6) is -4.45. The van der Waals surface area contributed by atoms with Gasteiger partial charge in [0, 0.05) is 0 Å². The SMILES string of the molecule is CC/C=C\CC1CCC(OC(F)(F)c2ccc(OC(F)(F)c3ccc(OCC)cc3)c(F)c2F)CC1. The molecular formula is C27H30F6O3. The van der Waals surface area contributed by atoms with Crippen molar-refractivity contribution in [2.45, 2.75) is 70.7 Å². The lowest BCUT2D eigenvalue weighted by molar-refractivity contribution is -0.279. The molecule has 36 heavy (non-hydrogen) atoms. The third-order valence-electron chi connectivity index (χ3n) is 6.08. The molecule has 0 atom stereocenters. The molecule has 0 aliphatic heterocycles. The van der Waals surface area contributed by atoms with Crippen molar-refractivity contribution in [2.24, 2.45) is 5.92 Å². The quantitative estimate of drug-likeness (QED) is 0.221. The van der Waals surface area contributed by atoms with Crippen LogP contribution in [-0.2, 0) is 17.0 Å². The van der Waals surface area contributed by atoms with Gasteiger partial charge in [-0.05, 0) is 87.8 Å². The number of rotatable bonds is 11. The highest BCUT2D eigenvalue weighted by molar-refractivity contribution is 5.34. The summed E-state index contributed by atoms with van der Waals surface area (Å²) < 4.78 is 102. The first-order valence-electron chi connectivity index (χ1n) is 12.1. The molecule has 0 bridgehead atoms. The van der Waals surface area contributed by atoms with Gasteiger partial charge in [0.25, 0.3) is 0 Å². The fourth-order valence-electron chi connectivity index (χ4n) is 4.16. The van der Waals surface area contributed by atoms with E-state index in [0.29, 0.717) is 56.1 Å². The van der Waals surface area contributed by atoms with E-state index in [1.165, 1.54) is 12.1 Å². The molecule has 9 heteroatoms. The standard InChI is InChI=1S/C27H30F6O3/c1-3-5-6-7-18-8-12-21(13-9-18)35-27(32,33)22-16-17-23(25(29)24(22)28)36-26(30,31)19-10-14-20(15-11-19)34-4-2/h5-6,10-11,14-18,21H,3-4,7-9,12-13H2,1-2H3/b6-5-. The second-order valence-electron chi connectivity index (χ2n) is 8.71. The lowest BCUT2D eigenvalue weighted by Gasteiger charge is -2.31. The second kappa shape index (κ2) is 12.0. The van der Waals surface area contributed by atoms with Crippen LogP contribution >= 0.6 is 0 Å². The van der Waals surface area contributed by atoms with Crippen molar-refractivity contribution in [3.8, 4) is 11.5 Å². The van der Waals surface area contributed by atoms with Gasteiger partial charge >= 0.3 is 12.2 Å². The summed E-state index contributed by atoms with van der Waals surface area (Å²) in [5.41, 5.74) is -2.02. The predicted octanol–water partition coefficient (Wildman–Crippen LogP) is 8.47. The molecule has 198 valence electrons. The van der Waals surface area contributed by atoms with Crippen LogP contribution in [0.3, 0.4) is 0 Å². The summed E-state index contributed by atoms with van der Waals surface area (Å²) in [6, 6.07) is 5.59. The van der Waals surface area contributed by atoms with Crippen molar-refractivity contribution in [3.05, 3.63) is 71.3 Å². The summed E-state index contributed by atoms with van der Waals surface area (Å²) in [5, 5.41) is 0. The zero-order chi connectivity index (χ0) is 26.3.